The number of carbonyl (C=O) groups excluding carboxylic acids is 2. The fourth-order valence-electron chi connectivity index (χ4n) is 5.01. The Morgan fingerprint density at radius 2 is 1.69 bits per heavy atom. The van der Waals surface area contributed by atoms with Crippen molar-refractivity contribution in [2.75, 3.05) is 31.1 Å². The molecule has 2 saturated heterocycles. The number of anilines is 1. The number of hydrogen-bond acceptors (Lipinski definition) is 7. The Morgan fingerprint density at radius 3 is 2.36 bits per heavy atom. The molecule has 0 radical (unpaired) electrons. The number of likely N-dealkylation sites (tertiary alicyclic amines) is 1. The molecule has 0 aromatic carbocycles. The van der Waals surface area contributed by atoms with E-state index in [1.807, 2.05) is 64.7 Å². The van der Waals surface area contributed by atoms with E-state index in [2.05, 4.69) is 20.3 Å². The van der Waals surface area contributed by atoms with Gasteiger partial charge < -0.3 is 24.6 Å². The zero-order chi connectivity index (χ0) is 28.4. The monoisotopic (exact) mass is 560 g/mol. The maximum Gasteiger partial charge on any atom is 0.410 e. The zero-order valence-corrected chi connectivity index (χ0v) is 24.6. The lowest BCUT2D eigenvalue weighted by molar-refractivity contribution is 0.0184. The molecule has 4 heterocycles. The average molecular weight is 561 g/mol. The Kier molecular flexibility index (Phi) is 8.63. The standard InChI is InChI=1S/C28H41ClN6O4/c1-27(2,3)38-25(36)32-20-8-7-11-34(18-20)23-14-24(29)30-16-22(23)19-15-31-35(17-19)21-9-12-33(13-10-21)26(37)39-28(4,5)6/h14-17,20-21H,7-13,18H2,1-6H3,(H,32,36)/t20-/m0/s1. The minimum Gasteiger partial charge on any atom is -0.444 e. The highest BCUT2D eigenvalue weighted by atomic mass is 35.5. The Balaban J connectivity index is 1.44. The van der Waals surface area contributed by atoms with Crippen LogP contribution in [0.3, 0.4) is 0 Å². The molecule has 11 heteroatoms. The van der Waals surface area contributed by atoms with Crippen molar-refractivity contribution in [2.24, 2.45) is 0 Å². The Morgan fingerprint density at radius 1 is 1.00 bits per heavy atom. The average Bonchev–Trinajstić information content (AvgIpc) is 3.32. The van der Waals surface area contributed by atoms with E-state index >= 15 is 0 Å². The number of nitrogens with one attached hydrogen (secondary N) is 1. The second kappa shape index (κ2) is 11.6. The van der Waals surface area contributed by atoms with Crippen LogP contribution < -0.4 is 10.2 Å². The van der Waals surface area contributed by atoms with Gasteiger partial charge in [-0.15, -0.1) is 0 Å². The fourth-order valence-corrected chi connectivity index (χ4v) is 5.16. The van der Waals surface area contributed by atoms with Crippen LogP contribution in [0.2, 0.25) is 5.15 Å². The summed E-state index contributed by atoms with van der Waals surface area (Å²) in [7, 11) is 0. The third kappa shape index (κ3) is 8.00. The predicted molar refractivity (Wildman–Crippen MR) is 151 cm³/mol. The van der Waals surface area contributed by atoms with Crippen LogP contribution in [0, 0.1) is 0 Å². The number of piperidine rings is 2. The van der Waals surface area contributed by atoms with Crippen LogP contribution in [-0.4, -0.2) is 75.3 Å². The van der Waals surface area contributed by atoms with Crippen molar-refractivity contribution in [3.63, 3.8) is 0 Å². The number of hydrogen-bond donors (Lipinski definition) is 1. The molecule has 2 aromatic rings. The molecule has 0 saturated carbocycles. The first-order valence-electron chi connectivity index (χ1n) is 13.7. The van der Waals surface area contributed by atoms with Gasteiger partial charge in [-0.2, -0.15) is 5.10 Å². The van der Waals surface area contributed by atoms with Gasteiger partial charge in [0.15, 0.2) is 0 Å². The molecule has 0 bridgehead atoms. The van der Waals surface area contributed by atoms with Crippen LogP contribution in [0.4, 0.5) is 15.3 Å². The van der Waals surface area contributed by atoms with Gasteiger partial charge in [-0.05, 0) is 73.3 Å². The minimum absolute atomic E-state index is 0.0359. The number of alkyl carbamates (subject to hydrolysis) is 1. The summed E-state index contributed by atoms with van der Waals surface area (Å²) in [6, 6.07) is 2.04. The number of nitrogens with zero attached hydrogens (tertiary/aromatic N) is 5. The van der Waals surface area contributed by atoms with Gasteiger partial charge in [0.25, 0.3) is 0 Å². The summed E-state index contributed by atoms with van der Waals surface area (Å²) in [5.74, 6) is 0. The summed E-state index contributed by atoms with van der Waals surface area (Å²) in [6.45, 7) is 13.9. The SMILES string of the molecule is CC(C)(C)OC(=O)N[C@H]1CCCN(c2cc(Cl)ncc2-c2cnn(C3CCN(C(=O)OC(C)(C)C)CC3)c2)C1. The first-order chi connectivity index (χ1) is 18.3. The van der Waals surface area contributed by atoms with Crippen LogP contribution in [0.5, 0.6) is 0 Å². The zero-order valence-electron chi connectivity index (χ0n) is 23.9. The highest BCUT2D eigenvalue weighted by Gasteiger charge is 2.29. The number of carbonyl (C=O) groups is 2. The molecule has 1 atom stereocenters. The maximum atomic E-state index is 12.4. The molecule has 1 N–H and O–H groups in total. The predicted octanol–water partition coefficient (Wildman–Crippen LogP) is 5.66. The minimum atomic E-state index is -0.545. The summed E-state index contributed by atoms with van der Waals surface area (Å²) in [5.41, 5.74) is 1.80. The molecular formula is C28H41ClN6O4. The van der Waals surface area contributed by atoms with E-state index in [0.717, 1.165) is 49.0 Å². The van der Waals surface area contributed by atoms with Crippen molar-refractivity contribution < 1.29 is 19.1 Å². The lowest BCUT2D eigenvalue weighted by atomic mass is 10.0. The largest absolute Gasteiger partial charge is 0.444 e. The third-order valence-corrected chi connectivity index (χ3v) is 6.94. The third-order valence-electron chi connectivity index (χ3n) is 6.73. The van der Waals surface area contributed by atoms with Crippen molar-refractivity contribution in [2.45, 2.75) is 90.5 Å². The molecule has 2 aliphatic rings. The molecule has 39 heavy (non-hydrogen) atoms. The van der Waals surface area contributed by atoms with E-state index < -0.39 is 17.3 Å². The quantitative estimate of drug-likeness (QED) is 0.481. The molecule has 2 amide bonds. The molecule has 10 nitrogen and oxygen atoms in total. The van der Waals surface area contributed by atoms with Gasteiger partial charge in [-0.3, -0.25) is 4.68 Å². The maximum absolute atomic E-state index is 12.4. The molecule has 4 rings (SSSR count). The Bertz CT molecular complexity index is 1160. The topological polar surface area (TPSA) is 102 Å². The summed E-state index contributed by atoms with van der Waals surface area (Å²) >= 11 is 6.33. The molecular weight excluding hydrogens is 520 g/mol. The van der Waals surface area contributed by atoms with E-state index in [9.17, 15) is 9.59 Å². The molecule has 2 aromatic heterocycles. The van der Waals surface area contributed by atoms with Crippen molar-refractivity contribution in [1.29, 1.82) is 0 Å². The number of halogens is 1. The molecule has 0 unspecified atom stereocenters. The Labute approximate surface area is 236 Å². The highest BCUT2D eigenvalue weighted by molar-refractivity contribution is 6.29. The summed E-state index contributed by atoms with van der Waals surface area (Å²) in [4.78, 5) is 33.2. The van der Waals surface area contributed by atoms with Crippen molar-refractivity contribution >= 4 is 29.5 Å². The van der Waals surface area contributed by atoms with Gasteiger partial charge in [-0.1, -0.05) is 11.6 Å². The van der Waals surface area contributed by atoms with Gasteiger partial charge in [0.05, 0.1) is 12.2 Å². The summed E-state index contributed by atoms with van der Waals surface area (Å²) < 4.78 is 13.0. The van der Waals surface area contributed by atoms with Gasteiger partial charge in [-0.25, -0.2) is 14.6 Å². The normalized spacial score (nSPS) is 19.1. The highest BCUT2D eigenvalue weighted by Crippen LogP contribution is 2.35. The molecule has 0 aliphatic carbocycles. The summed E-state index contributed by atoms with van der Waals surface area (Å²) in [5, 5.41) is 8.10. The van der Waals surface area contributed by atoms with E-state index in [-0.39, 0.29) is 18.2 Å². The van der Waals surface area contributed by atoms with Crippen LogP contribution in [0.15, 0.2) is 24.7 Å². The first-order valence-corrected chi connectivity index (χ1v) is 14.1. The van der Waals surface area contributed by atoms with E-state index in [0.29, 0.717) is 24.8 Å². The molecule has 2 fully saturated rings. The van der Waals surface area contributed by atoms with Gasteiger partial charge >= 0.3 is 12.2 Å². The van der Waals surface area contributed by atoms with Crippen molar-refractivity contribution in [3.8, 4) is 11.1 Å². The lowest BCUT2D eigenvalue weighted by Gasteiger charge is -2.36. The lowest BCUT2D eigenvalue weighted by Crippen LogP contribution is -2.49. The van der Waals surface area contributed by atoms with Gasteiger partial charge in [0, 0.05) is 61.4 Å². The van der Waals surface area contributed by atoms with E-state index in [1.54, 1.807) is 11.1 Å². The fraction of sp³-hybridized carbons (Fsp3) is 0.643. The molecule has 214 valence electrons. The molecule has 2 aliphatic heterocycles. The number of pyridine rings is 1. The first kappa shape index (κ1) is 29.0. The number of ether oxygens (including phenoxy) is 2. The van der Waals surface area contributed by atoms with Gasteiger partial charge in [0.1, 0.15) is 16.4 Å². The number of amides is 2. The second-order valence-corrected chi connectivity index (χ2v) is 12.8. The van der Waals surface area contributed by atoms with Crippen LogP contribution in [-0.2, 0) is 9.47 Å². The molecule has 0 spiro atoms. The summed E-state index contributed by atoms with van der Waals surface area (Å²) in [6.07, 6.45) is 8.43. The van der Waals surface area contributed by atoms with Crippen molar-refractivity contribution in [3.05, 3.63) is 29.8 Å². The number of rotatable bonds is 4. The van der Waals surface area contributed by atoms with Crippen LogP contribution >= 0.6 is 11.6 Å². The van der Waals surface area contributed by atoms with Crippen LogP contribution in [0.25, 0.3) is 11.1 Å². The van der Waals surface area contributed by atoms with E-state index in [4.69, 9.17) is 21.1 Å². The second-order valence-electron chi connectivity index (χ2n) is 12.4. The smallest absolute Gasteiger partial charge is 0.410 e. The number of aromatic nitrogens is 3. The van der Waals surface area contributed by atoms with Gasteiger partial charge in [0.2, 0.25) is 0 Å². The van der Waals surface area contributed by atoms with E-state index in [1.165, 1.54) is 0 Å². The van der Waals surface area contributed by atoms with Crippen molar-refractivity contribution in [1.82, 2.24) is 25.0 Å². The Hall–Kier alpha value is -3.01. The van der Waals surface area contributed by atoms with Crippen LogP contribution in [0.1, 0.15) is 73.3 Å².